The highest BCUT2D eigenvalue weighted by atomic mass is 32.2. The smallest absolute Gasteiger partial charge is 0.142 e. The van der Waals surface area contributed by atoms with Crippen molar-refractivity contribution in [2.45, 2.75) is 42.6 Å². The predicted octanol–water partition coefficient (Wildman–Crippen LogP) is 3.24. The molecule has 1 saturated carbocycles. The molecule has 1 saturated heterocycles. The Morgan fingerprint density at radius 2 is 2.11 bits per heavy atom. The molecule has 1 aromatic heterocycles. The molecule has 1 aromatic rings. The van der Waals surface area contributed by atoms with Gasteiger partial charge in [0, 0.05) is 22.7 Å². The van der Waals surface area contributed by atoms with E-state index in [-0.39, 0.29) is 0 Å². The average molecular weight is 281 g/mol. The van der Waals surface area contributed by atoms with E-state index in [0.29, 0.717) is 16.4 Å². The Kier molecular flexibility index (Phi) is 3.71. The van der Waals surface area contributed by atoms with E-state index < -0.39 is 0 Å². The summed E-state index contributed by atoms with van der Waals surface area (Å²) in [7, 11) is 0. The molecular formula is C13H19N3S2. The first-order valence-electron chi connectivity index (χ1n) is 6.65. The van der Waals surface area contributed by atoms with Gasteiger partial charge >= 0.3 is 0 Å². The van der Waals surface area contributed by atoms with Gasteiger partial charge in [-0.05, 0) is 19.3 Å². The summed E-state index contributed by atoms with van der Waals surface area (Å²) in [6.45, 7) is 2.26. The molecule has 1 aliphatic heterocycles. The second-order valence-electron chi connectivity index (χ2n) is 4.95. The van der Waals surface area contributed by atoms with Crippen LogP contribution in [0.25, 0.3) is 0 Å². The fourth-order valence-corrected chi connectivity index (χ4v) is 5.38. The zero-order valence-corrected chi connectivity index (χ0v) is 12.3. The zero-order valence-electron chi connectivity index (χ0n) is 10.6. The number of rotatable bonds is 3. The third kappa shape index (κ3) is 2.48. The molecule has 0 spiro atoms. The van der Waals surface area contributed by atoms with Crippen LogP contribution in [0.3, 0.4) is 0 Å². The van der Waals surface area contributed by atoms with Crippen molar-refractivity contribution in [1.29, 1.82) is 0 Å². The number of hydrogen-bond acceptors (Lipinski definition) is 5. The molecule has 18 heavy (non-hydrogen) atoms. The Bertz CT molecular complexity index is 434. The van der Waals surface area contributed by atoms with E-state index in [4.69, 9.17) is 10.7 Å². The van der Waals surface area contributed by atoms with Crippen LogP contribution < -0.4 is 5.73 Å². The van der Waals surface area contributed by atoms with Gasteiger partial charge in [-0.2, -0.15) is 11.8 Å². The molecule has 0 bridgehead atoms. The van der Waals surface area contributed by atoms with Gasteiger partial charge in [-0.15, -0.1) is 11.8 Å². The lowest BCUT2D eigenvalue weighted by atomic mass is 10.2. The monoisotopic (exact) mass is 281 g/mol. The molecule has 2 fully saturated rings. The highest BCUT2D eigenvalue weighted by Gasteiger charge is 2.32. The van der Waals surface area contributed by atoms with Gasteiger partial charge < -0.3 is 5.73 Å². The topological polar surface area (TPSA) is 51.8 Å². The number of nitrogens with zero attached hydrogens (tertiary/aromatic N) is 2. The standard InChI is InChI=1S/C13H19N3S2/c1-2-10-12(18-6-5-17-10)13-15-7-9(14)11(16-13)8-3-4-8/h7-8,10,12H,2-6,14H2,1H3. The Labute approximate surface area is 117 Å². The summed E-state index contributed by atoms with van der Waals surface area (Å²) < 4.78 is 0. The summed E-state index contributed by atoms with van der Waals surface area (Å²) in [4.78, 5) is 9.29. The van der Waals surface area contributed by atoms with Crippen LogP contribution >= 0.6 is 23.5 Å². The van der Waals surface area contributed by atoms with Crippen LogP contribution in [0.5, 0.6) is 0 Å². The molecule has 0 amide bonds. The van der Waals surface area contributed by atoms with Gasteiger partial charge in [0.05, 0.1) is 22.8 Å². The number of anilines is 1. The van der Waals surface area contributed by atoms with E-state index in [1.165, 1.54) is 30.8 Å². The second-order valence-corrected chi connectivity index (χ2v) is 7.55. The van der Waals surface area contributed by atoms with Crippen molar-refractivity contribution in [2.24, 2.45) is 0 Å². The normalized spacial score (nSPS) is 28.3. The van der Waals surface area contributed by atoms with Crippen LogP contribution in [-0.4, -0.2) is 26.7 Å². The van der Waals surface area contributed by atoms with Crippen LogP contribution in [0.15, 0.2) is 6.20 Å². The van der Waals surface area contributed by atoms with Crippen LogP contribution in [0.4, 0.5) is 5.69 Å². The Hall–Kier alpha value is -0.420. The number of nitrogen functional groups attached to an aromatic ring is 1. The molecule has 98 valence electrons. The third-order valence-electron chi connectivity index (χ3n) is 3.54. The van der Waals surface area contributed by atoms with Crippen LogP contribution in [-0.2, 0) is 0 Å². The molecule has 2 heterocycles. The molecule has 2 N–H and O–H groups in total. The van der Waals surface area contributed by atoms with E-state index in [0.717, 1.165) is 17.2 Å². The third-order valence-corrected chi connectivity index (χ3v) is 6.78. The van der Waals surface area contributed by atoms with E-state index >= 15 is 0 Å². The summed E-state index contributed by atoms with van der Waals surface area (Å²) in [5.41, 5.74) is 7.87. The second kappa shape index (κ2) is 5.29. The Balaban J connectivity index is 1.88. The minimum atomic E-state index is 0.451. The molecular weight excluding hydrogens is 262 g/mol. The number of thioether (sulfide) groups is 2. The number of aromatic nitrogens is 2. The molecule has 0 radical (unpaired) electrons. The Morgan fingerprint density at radius 3 is 2.83 bits per heavy atom. The maximum atomic E-state index is 5.99. The van der Waals surface area contributed by atoms with Crippen molar-refractivity contribution in [3.05, 3.63) is 17.7 Å². The number of nitrogens with two attached hydrogens (primary N) is 1. The molecule has 5 heteroatoms. The van der Waals surface area contributed by atoms with Gasteiger partial charge in [-0.3, -0.25) is 0 Å². The first kappa shape index (κ1) is 12.6. The quantitative estimate of drug-likeness (QED) is 0.922. The van der Waals surface area contributed by atoms with E-state index in [1.807, 2.05) is 18.0 Å². The highest BCUT2D eigenvalue weighted by Crippen LogP contribution is 2.45. The van der Waals surface area contributed by atoms with E-state index in [1.54, 1.807) is 0 Å². The maximum absolute atomic E-state index is 5.99. The fourth-order valence-electron chi connectivity index (χ4n) is 2.38. The summed E-state index contributed by atoms with van der Waals surface area (Å²) in [5, 5.41) is 1.10. The van der Waals surface area contributed by atoms with Crippen molar-refractivity contribution in [3.63, 3.8) is 0 Å². The van der Waals surface area contributed by atoms with Crippen molar-refractivity contribution in [2.75, 3.05) is 17.2 Å². The summed E-state index contributed by atoms with van der Waals surface area (Å²) in [5.74, 6) is 4.07. The molecule has 3 nitrogen and oxygen atoms in total. The van der Waals surface area contributed by atoms with Crippen LogP contribution in [0.2, 0.25) is 0 Å². The van der Waals surface area contributed by atoms with Crippen molar-refractivity contribution in [3.8, 4) is 0 Å². The van der Waals surface area contributed by atoms with Crippen LogP contribution in [0, 0.1) is 0 Å². The van der Waals surface area contributed by atoms with E-state index in [2.05, 4.69) is 23.7 Å². The molecule has 1 aliphatic carbocycles. The molecule has 2 atom stereocenters. The fraction of sp³-hybridized carbons (Fsp3) is 0.692. The molecule has 2 aliphatic rings. The first-order chi connectivity index (χ1) is 8.79. The summed E-state index contributed by atoms with van der Waals surface area (Å²) >= 11 is 4.08. The molecule has 2 unspecified atom stereocenters. The summed E-state index contributed by atoms with van der Waals surface area (Å²) in [6.07, 6.45) is 5.49. The molecule has 3 rings (SSSR count). The van der Waals surface area contributed by atoms with Gasteiger partial charge in [-0.1, -0.05) is 6.92 Å². The lowest BCUT2D eigenvalue weighted by molar-refractivity contribution is 0.741. The van der Waals surface area contributed by atoms with Crippen LogP contribution in [0.1, 0.15) is 48.9 Å². The maximum Gasteiger partial charge on any atom is 0.142 e. The lowest BCUT2D eigenvalue weighted by Crippen LogP contribution is -2.21. The first-order valence-corrected chi connectivity index (χ1v) is 8.75. The van der Waals surface area contributed by atoms with Gasteiger partial charge in [-0.25, -0.2) is 9.97 Å². The van der Waals surface area contributed by atoms with E-state index in [9.17, 15) is 0 Å². The molecule has 0 aromatic carbocycles. The van der Waals surface area contributed by atoms with Crippen molar-refractivity contribution >= 4 is 29.2 Å². The minimum Gasteiger partial charge on any atom is -0.396 e. The summed E-state index contributed by atoms with van der Waals surface area (Å²) in [6, 6.07) is 0. The lowest BCUT2D eigenvalue weighted by Gasteiger charge is -2.29. The average Bonchev–Trinajstić information content (AvgIpc) is 3.24. The van der Waals surface area contributed by atoms with Gasteiger partial charge in [0.25, 0.3) is 0 Å². The minimum absolute atomic E-state index is 0.451. The largest absolute Gasteiger partial charge is 0.396 e. The van der Waals surface area contributed by atoms with Gasteiger partial charge in [0.2, 0.25) is 0 Å². The SMILES string of the molecule is CCC1SCCSC1c1ncc(N)c(C2CC2)n1. The zero-order chi connectivity index (χ0) is 12.5. The van der Waals surface area contributed by atoms with Gasteiger partial charge in [0.15, 0.2) is 0 Å². The van der Waals surface area contributed by atoms with Gasteiger partial charge in [0.1, 0.15) is 5.82 Å². The highest BCUT2D eigenvalue weighted by molar-refractivity contribution is 8.06. The number of hydrogen-bond donors (Lipinski definition) is 1. The Morgan fingerprint density at radius 1 is 1.33 bits per heavy atom. The van der Waals surface area contributed by atoms with Crippen molar-refractivity contribution in [1.82, 2.24) is 9.97 Å². The predicted molar refractivity (Wildman–Crippen MR) is 80.2 cm³/mol. The van der Waals surface area contributed by atoms with Crippen molar-refractivity contribution < 1.29 is 0 Å².